The average molecular weight is 539 g/mol. The molecule has 3 aromatic rings. The lowest BCUT2D eigenvalue weighted by molar-refractivity contribution is -0.120. The molecule has 208 valence electrons. The van der Waals surface area contributed by atoms with E-state index in [-0.39, 0.29) is 23.7 Å². The van der Waals surface area contributed by atoms with Crippen LogP contribution in [0.2, 0.25) is 0 Å². The third kappa shape index (κ3) is 5.69. The first-order valence-corrected chi connectivity index (χ1v) is 13.7. The Morgan fingerprint density at radius 1 is 1.05 bits per heavy atom. The highest BCUT2D eigenvalue weighted by atomic mass is 16.5. The summed E-state index contributed by atoms with van der Waals surface area (Å²) in [6.07, 6.45) is 1.22. The molecule has 3 aromatic carbocycles. The molecule has 1 amide bonds. The molecule has 2 aliphatic rings. The highest BCUT2D eigenvalue weighted by Crippen LogP contribution is 2.48. The van der Waals surface area contributed by atoms with Crippen molar-refractivity contribution in [1.82, 2.24) is 5.32 Å². The largest absolute Gasteiger partial charge is 0.497 e. The van der Waals surface area contributed by atoms with Crippen LogP contribution in [0, 0.1) is 5.41 Å². The minimum atomic E-state index is -0.409. The number of carbonyl (C=O) groups is 2. The molecule has 1 atom stereocenters. The van der Waals surface area contributed by atoms with E-state index in [4.69, 9.17) is 4.74 Å². The van der Waals surface area contributed by atoms with E-state index >= 15 is 0 Å². The molecule has 2 N–H and O–H groups in total. The molecular formula is C33H38N4O3. The van der Waals surface area contributed by atoms with Crippen molar-refractivity contribution in [3.8, 4) is 5.75 Å². The average Bonchev–Trinajstić information content (AvgIpc) is 3.06. The summed E-state index contributed by atoms with van der Waals surface area (Å²) in [4.78, 5) is 31.5. The van der Waals surface area contributed by atoms with E-state index in [1.807, 2.05) is 62.6 Å². The van der Waals surface area contributed by atoms with Gasteiger partial charge in [0.25, 0.3) is 0 Å². The quantitative estimate of drug-likeness (QED) is 0.402. The molecule has 5 rings (SSSR count). The molecule has 7 nitrogen and oxygen atoms in total. The second-order valence-corrected chi connectivity index (χ2v) is 11.6. The minimum absolute atomic E-state index is 0.0935. The van der Waals surface area contributed by atoms with Crippen LogP contribution in [0.3, 0.4) is 0 Å². The van der Waals surface area contributed by atoms with Crippen molar-refractivity contribution in [3.05, 3.63) is 95.2 Å². The van der Waals surface area contributed by atoms with Gasteiger partial charge >= 0.3 is 0 Å². The molecule has 7 heteroatoms. The van der Waals surface area contributed by atoms with Crippen molar-refractivity contribution < 1.29 is 14.3 Å². The van der Waals surface area contributed by atoms with Crippen LogP contribution in [0.4, 0.5) is 17.1 Å². The maximum absolute atomic E-state index is 13.9. The van der Waals surface area contributed by atoms with Crippen LogP contribution in [-0.2, 0) is 16.1 Å². The third-order valence-electron chi connectivity index (χ3n) is 7.67. The Labute approximate surface area is 236 Å². The molecule has 0 spiro atoms. The van der Waals surface area contributed by atoms with Crippen LogP contribution < -0.4 is 25.2 Å². The highest BCUT2D eigenvalue weighted by Gasteiger charge is 2.41. The summed E-state index contributed by atoms with van der Waals surface area (Å²) in [5, 5.41) is 6.69. The van der Waals surface area contributed by atoms with Gasteiger partial charge in [-0.2, -0.15) is 0 Å². The summed E-state index contributed by atoms with van der Waals surface area (Å²) < 4.78 is 5.33. The predicted octanol–water partition coefficient (Wildman–Crippen LogP) is 5.69. The van der Waals surface area contributed by atoms with Crippen molar-refractivity contribution in [3.63, 3.8) is 0 Å². The number of carbonyl (C=O) groups excluding carboxylic acids is 2. The summed E-state index contributed by atoms with van der Waals surface area (Å²) in [5.41, 5.74) is 6.32. The predicted molar refractivity (Wildman–Crippen MR) is 161 cm³/mol. The zero-order valence-electron chi connectivity index (χ0n) is 24.0. The number of ketones is 1. The normalized spacial score (nSPS) is 17.8. The lowest BCUT2D eigenvalue weighted by Gasteiger charge is -2.38. The first-order chi connectivity index (χ1) is 19.1. The van der Waals surface area contributed by atoms with E-state index < -0.39 is 6.04 Å². The van der Waals surface area contributed by atoms with Gasteiger partial charge in [-0.1, -0.05) is 50.2 Å². The Hall–Kier alpha value is -4.26. The van der Waals surface area contributed by atoms with Crippen molar-refractivity contribution in [1.29, 1.82) is 0 Å². The SMILES string of the molecule is COc1cccc(CNC(=O)CN2c3ccccc3NC3=C(C(=O)CC(C)(C)C3)C2c2ccc(N(C)C)cc2)c1. The summed E-state index contributed by atoms with van der Waals surface area (Å²) in [6.45, 7) is 4.75. The second-order valence-electron chi connectivity index (χ2n) is 11.6. The zero-order valence-corrected chi connectivity index (χ0v) is 24.0. The Bertz CT molecular complexity index is 1440. The molecule has 1 aliphatic carbocycles. The Balaban J connectivity index is 1.55. The first kappa shape index (κ1) is 27.3. The minimum Gasteiger partial charge on any atom is -0.497 e. The number of allylic oxidation sites excluding steroid dienone is 1. The number of hydrogen-bond acceptors (Lipinski definition) is 6. The number of nitrogens with zero attached hydrogens (tertiary/aromatic N) is 2. The number of rotatable bonds is 7. The van der Waals surface area contributed by atoms with Crippen molar-refractivity contribution in [2.24, 2.45) is 5.41 Å². The maximum Gasteiger partial charge on any atom is 0.239 e. The number of fused-ring (bicyclic) bond motifs is 1. The molecule has 40 heavy (non-hydrogen) atoms. The molecular weight excluding hydrogens is 500 g/mol. The number of benzene rings is 3. The number of methoxy groups -OCH3 is 1. The van der Waals surface area contributed by atoms with Gasteiger partial charge in [-0.05, 0) is 59.4 Å². The molecule has 0 saturated carbocycles. The fraction of sp³-hybridized carbons (Fsp3) is 0.333. The van der Waals surface area contributed by atoms with Gasteiger partial charge in [0.15, 0.2) is 5.78 Å². The van der Waals surface area contributed by atoms with Crippen LogP contribution in [0.25, 0.3) is 0 Å². The van der Waals surface area contributed by atoms with Crippen LogP contribution in [0.1, 0.15) is 43.9 Å². The third-order valence-corrected chi connectivity index (χ3v) is 7.67. The van der Waals surface area contributed by atoms with Gasteiger partial charge in [-0.25, -0.2) is 0 Å². The maximum atomic E-state index is 13.9. The Kier molecular flexibility index (Phi) is 7.57. The fourth-order valence-corrected chi connectivity index (χ4v) is 5.72. The summed E-state index contributed by atoms with van der Waals surface area (Å²) >= 11 is 0. The molecule has 0 bridgehead atoms. The van der Waals surface area contributed by atoms with Crippen LogP contribution in [-0.4, -0.2) is 39.4 Å². The molecule has 1 unspecified atom stereocenters. The molecule has 1 heterocycles. The highest BCUT2D eigenvalue weighted by molar-refractivity contribution is 6.02. The topological polar surface area (TPSA) is 73.9 Å². The number of para-hydroxylation sites is 2. The van der Waals surface area contributed by atoms with Crippen LogP contribution in [0.5, 0.6) is 5.75 Å². The van der Waals surface area contributed by atoms with Gasteiger partial charge in [0, 0.05) is 44.0 Å². The lowest BCUT2D eigenvalue weighted by Crippen LogP contribution is -2.41. The number of Topliss-reactive ketones (excluding diaryl/α,β-unsaturated/α-hetero) is 1. The number of anilines is 3. The van der Waals surface area contributed by atoms with Crippen molar-refractivity contribution in [2.75, 3.05) is 42.9 Å². The number of hydrogen-bond donors (Lipinski definition) is 2. The number of ether oxygens (including phenoxy) is 1. The number of amides is 1. The summed E-state index contributed by atoms with van der Waals surface area (Å²) in [5.74, 6) is 0.744. The van der Waals surface area contributed by atoms with Gasteiger partial charge in [-0.3, -0.25) is 9.59 Å². The van der Waals surface area contributed by atoms with E-state index in [0.29, 0.717) is 13.0 Å². The monoisotopic (exact) mass is 538 g/mol. The standard InChI is InChI=1S/C33H38N4O3/c1-33(2)18-27-31(29(38)19-33)32(23-13-15-24(16-14-23)36(3)4)37(28-12-7-6-11-26(28)35-27)21-30(39)34-20-22-9-8-10-25(17-22)40-5/h6-17,32,35H,18-21H2,1-5H3,(H,34,39). The van der Waals surface area contributed by atoms with Crippen LogP contribution >= 0.6 is 0 Å². The van der Waals surface area contributed by atoms with Gasteiger partial charge < -0.3 is 25.2 Å². The second kappa shape index (κ2) is 11.1. The van der Waals surface area contributed by atoms with Crippen molar-refractivity contribution >= 4 is 28.8 Å². The summed E-state index contributed by atoms with van der Waals surface area (Å²) in [6, 6.07) is 23.5. The molecule has 1 aliphatic heterocycles. The molecule has 0 saturated heterocycles. The fourth-order valence-electron chi connectivity index (χ4n) is 5.72. The van der Waals surface area contributed by atoms with Gasteiger partial charge in [0.05, 0.1) is 31.1 Å². The molecule has 0 fully saturated rings. The molecule has 0 aromatic heterocycles. The summed E-state index contributed by atoms with van der Waals surface area (Å²) in [7, 11) is 5.64. The van der Waals surface area contributed by atoms with E-state index in [9.17, 15) is 9.59 Å². The number of nitrogens with one attached hydrogen (secondary N) is 2. The van der Waals surface area contributed by atoms with E-state index in [0.717, 1.165) is 51.6 Å². The van der Waals surface area contributed by atoms with Crippen LogP contribution in [0.15, 0.2) is 84.1 Å². The zero-order chi connectivity index (χ0) is 28.4. The Morgan fingerprint density at radius 2 is 1.80 bits per heavy atom. The van der Waals surface area contributed by atoms with Crippen molar-refractivity contribution in [2.45, 2.75) is 39.3 Å². The lowest BCUT2D eigenvalue weighted by atomic mass is 9.73. The van der Waals surface area contributed by atoms with E-state index in [2.05, 4.69) is 58.5 Å². The van der Waals surface area contributed by atoms with Gasteiger partial charge in [0.2, 0.25) is 5.91 Å². The smallest absolute Gasteiger partial charge is 0.239 e. The van der Waals surface area contributed by atoms with Gasteiger partial charge in [0.1, 0.15) is 5.75 Å². The Morgan fingerprint density at radius 3 is 2.52 bits per heavy atom. The molecule has 0 radical (unpaired) electrons. The van der Waals surface area contributed by atoms with E-state index in [1.165, 1.54) is 0 Å². The first-order valence-electron chi connectivity index (χ1n) is 13.7. The van der Waals surface area contributed by atoms with E-state index in [1.54, 1.807) is 7.11 Å². The van der Waals surface area contributed by atoms with Gasteiger partial charge in [-0.15, -0.1) is 0 Å².